The number of rotatable bonds is 5. The maximum atomic E-state index is 10.8. The average molecular weight is 267 g/mol. The maximum Gasteiger partial charge on any atom is 0.320 e. The van der Waals surface area contributed by atoms with E-state index in [-0.39, 0.29) is 24.3 Å². The summed E-state index contributed by atoms with van der Waals surface area (Å²) in [5, 5.41) is 10.9. The predicted octanol–water partition coefficient (Wildman–Crippen LogP) is 0.285. The van der Waals surface area contributed by atoms with Crippen LogP contribution >= 0.6 is 11.6 Å². The molecule has 1 heterocycles. The quantitative estimate of drug-likeness (QED) is 0.490. The number of carbonyl (C=O) groups is 2. The van der Waals surface area contributed by atoms with Gasteiger partial charge < -0.3 is 20.9 Å². The molecule has 1 rings (SSSR count). The van der Waals surface area contributed by atoms with E-state index in [1.54, 1.807) is 6.92 Å². The van der Waals surface area contributed by atoms with Crippen LogP contribution in [0.5, 0.6) is 0 Å². The number of amides is 1. The Morgan fingerprint density at radius 1 is 1.59 bits per heavy atom. The molecule has 0 aliphatic carbocycles. The number of ether oxygens (including phenoxy) is 1. The molecule has 0 radical (unpaired) electrons. The first-order valence-corrected chi connectivity index (χ1v) is 5.86. The van der Waals surface area contributed by atoms with Crippen LogP contribution in [0.2, 0.25) is 0 Å². The summed E-state index contributed by atoms with van der Waals surface area (Å²) in [7, 11) is 0. The molecule has 17 heavy (non-hydrogen) atoms. The van der Waals surface area contributed by atoms with Crippen molar-refractivity contribution < 1.29 is 19.4 Å². The van der Waals surface area contributed by atoms with Crippen molar-refractivity contribution in [2.45, 2.75) is 44.4 Å². The van der Waals surface area contributed by atoms with Gasteiger partial charge >= 0.3 is 5.97 Å². The molecule has 3 unspecified atom stereocenters. The molecule has 1 fully saturated rings. The van der Waals surface area contributed by atoms with Crippen LogP contribution < -0.4 is 11.1 Å². The third-order valence-corrected chi connectivity index (χ3v) is 2.47. The Balaban J connectivity index is 0.000000419. The van der Waals surface area contributed by atoms with E-state index in [0.717, 1.165) is 0 Å². The van der Waals surface area contributed by atoms with Crippen LogP contribution in [0.1, 0.15) is 26.7 Å². The molecule has 1 saturated heterocycles. The third-order valence-electron chi connectivity index (χ3n) is 2.01. The highest BCUT2D eigenvalue weighted by atomic mass is 35.5. The van der Waals surface area contributed by atoms with Crippen LogP contribution in [-0.2, 0) is 14.3 Å². The topological polar surface area (TPSA) is 105 Å². The molecule has 0 aromatic heterocycles. The van der Waals surface area contributed by atoms with Crippen molar-refractivity contribution in [2.24, 2.45) is 5.73 Å². The summed E-state index contributed by atoms with van der Waals surface area (Å²) < 4.78 is 4.68. The summed E-state index contributed by atoms with van der Waals surface area (Å²) in [6, 6.07) is -0.937. The zero-order valence-electron chi connectivity index (χ0n) is 9.98. The molecule has 3 atom stereocenters. The number of carboxylic acid groups (broad SMARTS) is 1. The lowest BCUT2D eigenvalue weighted by atomic mass is 10.1. The lowest BCUT2D eigenvalue weighted by Gasteiger charge is -2.05. The summed E-state index contributed by atoms with van der Waals surface area (Å²) in [5.74, 6) is -1.23. The van der Waals surface area contributed by atoms with Gasteiger partial charge in [-0.1, -0.05) is 11.6 Å². The van der Waals surface area contributed by atoms with Gasteiger partial charge in [-0.15, -0.1) is 0 Å². The van der Waals surface area contributed by atoms with Gasteiger partial charge in [0.05, 0.1) is 6.10 Å². The minimum atomic E-state index is -1.07. The molecule has 0 aromatic rings. The van der Waals surface area contributed by atoms with Gasteiger partial charge in [-0.25, -0.2) is 0 Å². The third kappa shape index (κ3) is 8.91. The van der Waals surface area contributed by atoms with Crippen molar-refractivity contribution in [3.8, 4) is 0 Å². The van der Waals surface area contributed by atoms with Crippen molar-refractivity contribution in [2.75, 3.05) is 6.54 Å². The molecule has 7 heteroatoms. The Kier molecular flexibility index (Phi) is 7.86. The van der Waals surface area contributed by atoms with Crippen molar-refractivity contribution in [3.63, 3.8) is 0 Å². The van der Waals surface area contributed by atoms with Gasteiger partial charge in [0.25, 0.3) is 0 Å². The van der Waals surface area contributed by atoms with Crippen LogP contribution in [0, 0.1) is 0 Å². The SMILES string of the molecule is CC1OC1Cl.CCNC(=O)CCC(N)C(=O)O. The molecule has 0 saturated carbocycles. The Labute approximate surface area is 105 Å². The first kappa shape index (κ1) is 16.1. The molecule has 4 N–H and O–H groups in total. The van der Waals surface area contributed by atoms with Gasteiger partial charge in [-0.2, -0.15) is 0 Å². The second-order valence-electron chi connectivity index (χ2n) is 3.63. The lowest BCUT2D eigenvalue weighted by Crippen LogP contribution is -2.32. The Morgan fingerprint density at radius 3 is 2.35 bits per heavy atom. The number of carbonyl (C=O) groups excluding carboxylic acids is 1. The summed E-state index contributed by atoms with van der Waals surface area (Å²) in [6.07, 6.45) is 0.666. The molecule has 0 bridgehead atoms. The van der Waals surface area contributed by atoms with E-state index >= 15 is 0 Å². The van der Waals surface area contributed by atoms with E-state index < -0.39 is 12.0 Å². The molecule has 0 spiro atoms. The molecular weight excluding hydrogens is 248 g/mol. The Bertz CT molecular complexity index is 257. The van der Waals surface area contributed by atoms with Crippen molar-refractivity contribution >= 4 is 23.5 Å². The smallest absolute Gasteiger partial charge is 0.320 e. The molecule has 0 aromatic carbocycles. The number of nitrogens with two attached hydrogens (primary N) is 1. The number of halogens is 1. The van der Waals surface area contributed by atoms with Gasteiger partial charge in [-0.05, 0) is 20.3 Å². The number of hydrogen-bond acceptors (Lipinski definition) is 4. The highest BCUT2D eigenvalue weighted by Gasteiger charge is 2.30. The highest BCUT2D eigenvalue weighted by molar-refractivity contribution is 6.21. The predicted molar refractivity (Wildman–Crippen MR) is 63.7 cm³/mol. The van der Waals surface area contributed by atoms with Gasteiger partial charge in [0.15, 0.2) is 5.56 Å². The minimum absolute atomic E-state index is 0.0231. The fraction of sp³-hybridized carbons (Fsp3) is 0.800. The van der Waals surface area contributed by atoms with E-state index in [1.807, 2.05) is 6.92 Å². The van der Waals surface area contributed by atoms with E-state index in [4.69, 9.17) is 22.4 Å². The zero-order valence-corrected chi connectivity index (χ0v) is 10.7. The first-order chi connectivity index (χ1) is 7.88. The van der Waals surface area contributed by atoms with Crippen LogP contribution in [0.25, 0.3) is 0 Å². The van der Waals surface area contributed by atoms with Crippen LogP contribution in [-0.4, -0.2) is 41.2 Å². The minimum Gasteiger partial charge on any atom is -0.480 e. The van der Waals surface area contributed by atoms with E-state index in [9.17, 15) is 9.59 Å². The summed E-state index contributed by atoms with van der Waals surface area (Å²) in [4.78, 5) is 21.0. The van der Waals surface area contributed by atoms with E-state index in [0.29, 0.717) is 12.6 Å². The normalized spacial score (nSPS) is 23.1. The number of aliphatic carboxylic acids is 1. The summed E-state index contributed by atoms with van der Waals surface area (Å²) >= 11 is 5.31. The van der Waals surface area contributed by atoms with Gasteiger partial charge in [0.1, 0.15) is 6.04 Å². The molecule has 1 aliphatic rings. The molecular formula is C10H19ClN2O4. The molecule has 100 valence electrons. The second kappa shape index (κ2) is 8.27. The van der Waals surface area contributed by atoms with E-state index in [1.165, 1.54) is 0 Å². The Hall–Kier alpha value is -0.850. The summed E-state index contributed by atoms with van der Waals surface area (Å²) in [5.41, 5.74) is 5.20. The van der Waals surface area contributed by atoms with Gasteiger partial charge in [0, 0.05) is 13.0 Å². The lowest BCUT2D eigenvalue weighted by molar-refractivity contribution is -0.138. The number of hydrogen-bond donors (Lipinski definition) is 3. The van der Waals surface area contributed by atoms with Crippen molar-refractivity contribution in [1.29, 1.82) is 0 Å². The first-order valence-electron chi connectivity index (χ1n) is 5.43. The Morgan fingerprint density at radius 2 is 2.06 bits per heavy atom. The highest BCUT2D eigenvalue weighted by Crippen LogP contribution is 2.23. The summed E-state index contributed by atoms with van der Waals surface area (Å²) in [6.45, 7) is 4.30. The number of alkyl halides is 1. The number of epoxide rings is 1. The fourth-order valence-electron chi connectivity index (χ4n) is 0.855. The zero-order chi connectivity index (χ0) is 13.4. The average Bonchev–Trinajstić information content (AvgIpc) is 2.89. The molecule has 1 amide bonds. The second-order valence-corrected chi connectivity index (χ2v) is 4.06. The van der Waals surface area contributed by atoms with Gasteiger partial charge in [-0.3, -0.25) is 9.59 Å². The standard InChI is InChI=1S/C7H14N2O3.C3H5ClO/c1-2-9-6(10)4-3-5(8)7(11)12;1-2-3(4)5-2/h5H,2-4,8H2,1H3,(H,9,10)(H,11,12);2-3H,1H3. The van der Waals surface area contributed by atoms with Gasteiger partial charge in [0.2, 0.25) is 5.91 Å². The molecule has 1 aliphatic heterocycles. The number of carboxylic acids is 1. The number of nitrogens with one attached hydrogen (secondary N) is 1. The fourth-order valence-corrected chi connectivity index (χ4v) is 1.02. The van der Waals surface area contributed by atoms with Crippen LogP contribution in [0.3, 0.4) is 0 Å². The maximum absolute atomic E-state index is 10.8. The van der Waals surface area contributed by atoms with Crippen LogP contribution in [0.15, 0.2) is 0 Å². The molecule has 6 nitrogen and oxygen atoms in total. The van der Waals surface area contributed by atoms with Crippen LogP contribution in [0.4, 0.5) is 0 Å². The van der Waals surface area contributed by atoms with E-state index in [2.05, 4.69) is 10.1 Å². The van der Waals surface area contributed by atoms with Crippen molar-refractivity contribution in [3.05, 3.63) is 0 Å². The van der Waals surface area contributed by atoms with Crippen molar-refractivity contribution in [1.82, 2.24) is 5.32 Å². The monoisotopic (exact) mass is 266 g/mol. The largest absolute Gasteiger partial charge is 0.480 e.